The van der Waals surface area contributed by atoms with Gasteiger partial charge in [0.15, 0.2) is 0 Å². The first-order valence-corrected chi connectivity index (χ1v) is 5.40. The number of hydrogen-bond donors (Lipinski definition) is 1. The van der Waals surface area contributed by atoms with E-state index in [4.69, 9.17) is 0 Å². The van der Waals surface area contributed by atoms with Gasteiger partial charge in [0.2, 0.25) is 5.91 Å². The fraction of sp³-hybridized carbons (Fsp3) is 0.462. The number of nitrogens with one attached hydrogen (secondary N) is 1. The fourth-order valence-electron chi connectivity index (χ4n) is 1.68. The van der Waals surface area contributed by atoms with E-state index in [1.807, 2.05) is 18.2 Å². The second kappa shape index (κ2) is 5.54. The van der Waals surface area contributed by atoms with Gasteiger partial charge >= 0.3 is 0 Å². The van der Waals surface area contributed by atoms with Gasteiger partial charge in [-0.3, -0.25) is 4.79 Å². The summed E-state index contributed by atoms with van der Waals surface area (Å²) in [6.45, 7) is 4.17. The minimum absolute atomic E-state index is 0.0670. The molecule has 0 fully saturated rings. The lowest BCUT2D eigenvalue weighted by atomic mass is 9.88. The molecule has 2 heteroatoms. The van der Waals surface area contributed by atoms with Crippen molar-refractivity contribution in [1.29, 1.82) is 0 Å². The Labute approximate surface area is 91.7 Å². The molecule has 1 rings (SSSR count). The van der Waals surface area contributed by atoms with Gasteiger partial charge in [0.05, 0.1) is 0 Å². The number of carbonyl (C=O) groups is 1. The summed E-state index contributed by atoms with van der Waals surface area (Å²) in [5.41, 5.74) is 1.22. The smallest absolute Gasteiger partial charge is 0.223 e. The lowest BCUT2D eigenvalue weighted by molar-refractivity contribution is -0.125. The molecule has 0 aliphatic heterocycles. The van der Waals surface area contributed by atoms with E-state index in [1.165, 1.54) is 5.56 Å². The summed E-state index contributed by atoms with van der Waals surface area (Å²) in [6.07, 6.45) is 0.818. The molecule has 0 heterocycles. The van der Waals surface area contributed by atoms with Gasteiger partial charge in [0.1, 0.15) is 0 Å². The van der Waals surface area contributed by atoms with Gasteiger partial charge in [-0.05, 0) is 17.9 Å². The fourth-order valence-corrected chi connectivity index (χ4v) is 1.68. The van der Waals surface area contributed by atoms with Crippen LogP contribution in [0.15, 0.2) is 30.3 Å². The molecule has 15 heavy (non-hydrogen) atoms. The molecule has 82 valence electrons. The van der Waals surface area contributed by atoms with Gasteiger partial charge < -0.3 is 5.32 Å². The molecule has 1 amide bonds. The topological polar surface area (TPSA) is 29.1 Å². The monoisotopic (exact) mass is 205 g/mol. The van der Waals surface area contributed by atoms with Crippen molar-refractivity contribution < 1.29 is 4.79 Å². The lowest BCUT2D eigenvalue weighted by Crippen LogP contribution is -2.32. The molecule has 0 spiro atoms. The summed E-state index contributed by atoms with van der Waals surface area (Å²) in [4.78, 5) is 11.6. The van der Waals surface area contributed by atoms with E-state index in [0.717, 1.165) is 6.42 Å². The van der Waals surface area contributed by atoms with E-state index in [0.29, 0.717) is 5.92 Å². The van der Waals surface area contributed by atoms with Gasteiger partial charge in [0, 0.05) is 13.0 Å². The minimum Gasteiger partial charge on any atom is -0.359 e. The zero-order valence-corrected chi connectivity index (χ0v) is 9.66. The molecule has 1 aromatic rings. The first-order chi connectivity index (χ1) is 7.15. The molecule has 1 atom stereocenters. The number of amides is 1. The maximum Gasteiger partial charge on any atom is 0.223 e. The summed E-state index contributed by atoms with van der Waals surface area (Å²) in [6, 6.07) is 10.2. The molecular formula is C13H19NO. The van der Waals surface area contributed by atoms with E-state index >= 15 is 0 Å². The van der Waals surface area contributed by atoms with Gasteiger partial charge in [-0.15, -0.1) is 0 Å². The van der Waals surface area contributed by atoms with Crippen LogP contribution in [0.25, 0.3) is 0 Å². The summed E-state index contributed by atoms with van der Waals surface area (Å²) in [7, 11) is 1.70. The van der Waals surface area contributed by atoms with Crippen LogP contribution in [0, 0.1) is 11.8 Å². The van der Waals surface area contributed by atoms with Gasteiger partial charge in [-0.25, -0.2) is 0 Å². The Hall–Kier alpha value is -1.31. The van der Waals surface area contributed by atoms with Crippen LogP contribution in [0.5, 0.6) is 0 Å². The van der Waals surface area contributed by atoms with Crippen LogP contribution in [0.3, 0.4) is 0 Å². The molecule has 0 saturated heterocycles. The molecule has 0 bridgehead atoms. The third-order valence-corrected chi connectivity index (χ3v) is 2.69. The largest absolute Gasteiger partial charge is 0.359 e. The predicted octanol–water partition coefficient (Wildman–Crippen LogP) is 2.25. The first kappa shape index (κ1) is 11.8. The molecule has 0 aromatic heterocycles. The Kier molecular flexibility index (Phi) is 4.35. The van der Waals surface area contributed by atoms with Crippen molar-refractivity contribution in [3.63, 3.8) is 0 Å². The molecule has 1 aromatic carbocycles. The van der Waals surface area contributed by atoms with E-state index < -0.39 is 0 Å². The van der Waals surface area contributed by atoms with Gasteiger partial charge in [-0.2, -0.15) is 0 Å². The van der Waals surface area contributed by atoms with Crippen LogP contribution in [0.1, 0.15) is 19.4 Å². The highest BCUT2D eigenvalue weighted by molar-refractivity contribution is 5.78. The van der Waals surface area contributed by atoms with Gasteiger partial charge in [0.25, 0.3) is 0 Å². The van der Waals surface area contributed by atoms with Crippen molar-refractivity contribution in [3.8, 4) is 0 Å². The van der Waals surface area contributed by atoms with Crippen LogP contribution in [0.4, 0.5) is 0 Å². The van der Waals surface area contributed by atoms with Crippen molar-refractivity contribution in [1.82, 2.24) is 5.32 Å². The first-order valence-electron chi connectivity index (χ1n) is 5.40. The van der Waals surface area contributed by atoms with Crippen molar-refractivity contribution in [2.45, 2.75) is 20.3 Å². The third kappa shape index (κ3) is 3.39. The second-order valence-corrected chi connectivity index (χ2v) is 4.15. The van der Waals surface area contributed by atoms with Crippen LogP contribution < -0.4 is 5.32 Å². The summed E-state index contributed by atoms with van der Waals surface area (Å²) in [5, 5.41) is 2.73. The summed E-state index contributed by atoms with van der Waals surface area (Å²) >= 11 is 0. The van der Waals surface area contributed by atoms with E-state index in [2.05, 4.69) is 31.3 Å². The molecule has 0 aliphatic rings. The Bertz CT molecular complexity index is 306. The average molecular weight is 205 g/mol. The number of carbonyl (C=O) groups excluding carboxylic acids is 1. The molecule has 0 saturated carbocycles. The maximum atomic E-state index is 11.6. The van der Waals surface area contributed by atoms with Crippen molar-refractivity contribution in [2.24, 2.45) is 11.8 Å². The highest BCUT2D eigenvalue weighted by atomic mass is 16.1. The number of benzene rings is 1. The predicted molar refractivity (Wildman–Crippen MR) is 62.5 cm³/mol. The summed E-state index contributed by atoms with van der Waals surface area (Å²) in [5.74, 6) is 0.566. The molecule has 0 aliphatic carbocycles. The standard InChI is InChI=1S/C13H19NO/c1-10(2)12(13(15)14-3)9-11-7-5-4-6-8-11/h4-8,10,12H,9H2,1-3H3,(H,14,15)/t12-/m1/s1. The Morgan fingerprint density at radius 3 is 2.33 bits per heavy atom. The normalized spacial score (nSPS) is 12.5. The molecule has 0 radical (unpaired) electrons. The van der Waals surface area contributed by atoms with Crippen LogP contribution in [-0.4, -0.2) is 13.0 Å². The number of hydrogen-bond acceptors (Lipinski definition) is 1. The van der Waals surface area contributed by atoms with E-state index in [9.17, 15) is 4.79 Å². The van der Waals surface area contributed by atoms with Crippen molar-refractivity contribution >= 4 is 5.91 Å². The Morgan fingerprint density at radius 2 is 1.87 bits per heavy atom. The van der Waals surface area contributed by atoms with Crippen LogP contribution in [-0.2, 0) is 11.2 Å². The average Bonchev–Trinajstić information content (AvgIpc) is 2.26. The Morgan fingerprint density at radius 1 is 1.27 bits per heavy atom. The van der Waals surface area contributed by atoms with Gasteiger partial charge in [-0.1, -0.05) is 44.2 Å². The quantitative estimate of drug-likeness (QED) is 0.802. The molecule has 1 N–H and O–H groups in total. The van der Waals surface area contributed by atoms with E-state index in [-0.39, 0.29) is 11.8 Å². The molecule has 0 unspecified atom stereocenters. The highest BCUT2D eigenvalue weighted by Gasteiger charge is 2.20. The van der Waals surface area contributed by atoms with Crippen molar-refractivity contribution in [3.05, 3.63) is 35.9 Å². The SMILES string of the molecule is CNC(=O)[C@H](Cc1ccccc1)C(C)C. The molecule has 2 nitrogen and oxygen atoms in total. The molecular weight excluding hydrogens is 186 g/mol. The lowest BCUT2D eigenvalue weighted by Gasteiger charge is -2.19. The Balaban J connectivity index is 2.72. The number of rotatable bonds is 4. The van der Waals surface area contributed by atoms with Crippen molar-refractivity contribution in [2.75, 3.05) is 7.05 Å². The van der Waals surface area contributed by atoms with Crippen LogP contribution >= 0.6 is 0 Å². The van der Waals surface area contributed by atoms with Crippen LogP contribution in [0.2, 0.25) is 0 Å². The third-order valence-electron chi connectivity index (χ3n) is 2.69. The van der Waals surface area contributed by atoms with E-state index in [1.54, 1.807) is 7.05 Å². The maximum absolute atomic E-state index is 11.6. The highest BCUT2D eigenvalue weighted by Crippen LogP contribution is 2.17. The second-order valence-electron chi connectivity index (χ2n) is 4.15. The minimum atomic E-state index is 0.0670. The zero-order chi connectivity index (χ0) is 11.3. The summed E-state index contributed by atoms with van der Waals surface area (Å²) < 4.78 is 0. The zero-order valence-electron chi connectivity index (χ0n) is 9.66.